The highest BCUT2D eigenvalue weighted by atomic mass is 35.5. The Balaban J connectivity index is 0.00000147. The lowest BCUT2D eigenvalue weighted by Crippen LogP contribution is -2.40. The van der Waals surface area contributed by atoms with Gasteiger partial charge in [-0.2, -0.15) is 0 Å². The number of hydrogen-bond donors (Lipinski definition) is 2. The predicted molar refractivity (Wildman–Crippen MR) is 80.1 cm³/mol. The molecule has 0 spiro atoms. The van der Waals surface area contributed by atoms with Crippen molar-refractivity contribution in [3.8, 4) is 0 Å². The van der Waals surface area contributed by atoms with Crippen molar-refractivity contribution in [1.82, 2.24) is 10.6 Å². The van der Waals surface area contributed by atoms with Gasteiger partial charge in [-0.3, -0.25) is 4.79 Å². The zero-order chi connectivity index (χ0) is 13.2. The quantitative estimate of drug-likeness (QED) is 0.897. The number of ether oxygens (including phenoxy) is 1. The summed E-state index contributed by atoms with van der Waals surface area (Å²) in [6.07, 6.45) is 2.30. The normalized spacial score (nSPS) is 21.9. The molecule has 1 fully saturated rings. The molecule has 20 heavy (non-hydrogen) atoms. The number of amides is 1. The highest BCUT2D eigenvalue weighted by Gasteiger charge is 2.24. The van der Waals surface area contributed by atoms with E-state index < -0.39 is 0 Å². The molecule has 2 atom stereocenters. The minimum absolute atomic E-state index is 0. The molecule has 0 saturated carbocycles. The second kappa shape index (κ2) is 6.57. The molecule has 2 aliphatic heterocycles. The first kappa shape index (κ1) is 15.3. The van der Waals surface area contributed by atoms with Crippen molar-refractivity contribution in [2.75, 3.05) is 6.61 Å². The average Bonchev–Trinajstić information content (AvgIpc) is 3.09. The van der Waals surface area contributed by atoms with Gasteiger partial charge in [0.15, 0.2) is 0 Å². The third-order valence-electron chi connectivity index (χ3n) is 3.98. The summed E-state index contributed by atoms with van der Waals surface area (Å²) in [5.74, 6) is -0.00213. The predicted octanol–water partition coefficient (Wildman–Crippen LogP) is 2.01. The van der Waals surface area contributed by atoms with Crippen LogP contribution in [0.3, 0.4) is 0 Å². The molecule has 3 rings (SSSR count). The molecule has 0 radical (unpaired) electrons. The Hall–Kier alpha value is -1.10. The maximum atomic E-state index is 12.2. The zero-order valence-corrected chi connectivity index (χ0v) is 12.5. The molecule has 0 aromatic heterocycles. The maximum absolute atomic E-state index is 12.2. The number of hydrogen-bond acceptors (Lipinski definition) is 3. The van der Waals surface area contributed by atoms with E-state index >= 15 is 0 Å². The average molecular weight is 297 g/mol. The molecule has 1 aromatic carbocycles. The van der Waals surface area contributed by atoms with Gasteiger partial charge >= 0.3 is 0 Å². The summed E-state index contributed by atoms with van der Waals surface area (Å²) in [4.78, 5) is 12.2. The second-order valence-corrected chi connectivity index (χ2v) is 5.40. The van der Waals surface area contributed by atoms with Gasteiger partial charge in [0.05, 0.1) is 12.1 Å². The third-order valence-corrected chi connectivity index (χ3v) is 3.98. The fourth-order valence-electron chi connectivity index (χ4n) is 2.82. The van der Waals surface area contributed by atoms with E-state index in [2.05, 4.69) is 10.6 Å². The summed E-state index contributed by atoms with van der Waals surface area (Å²) in [6.45, 7) is 4.60. The van der Waals surface area contributed by atoms with E-state index in [0.29, 0.717) is 0 Å². The van der Waals surface area contributed by atoms with Crippen LogP contribution in [0.5, 0.6) is 0 Å². The van der Waals surface area contributed by atoms with Crippen molar-refractivity contribution in [1.29, 1.82) is 0 Å². The van der Waals surface area contributed by atoms with Crippen LogP contribution in [0.2, 0.25) is 0 Å². The molecular formula is C15H21ClN2O2. The van der Waals surface area contributed by atoms with Crippen LogP contribution in [0.25, 0.3) is 0 Å². The molecule has 1 aromatic rings. The molecule has 2 heterocycles. The second-order valence-electron chi connectivity index (χ2n) is 5.40. The molecule has 2 N–H and O–H groups in total. The minimum Gasteiger partial charge on any atom is -0.376 e. The summed E-state index contributed by atoms with van der Waals surface area (Å²) < 4.78 is 5.60. The van der Waals surface area contributed by atoms with Crippen LogP contribution in [0.15, 0.2) is 18.2 Å². The Labute approximate surface area is 125 Å². The van der Waals surface area contributed by atoms with Gasteiger partial charge in [0, 0.05) is 25.3 Å². The molecule has 0 bridgehead atoms. The summed E-state index contributed by atoms with van der Waals surface area (Å²) in [6, 6.07) is 6.01. The van der Waals surface area contributed by atoms with Gasteiger partial charge in [0.1, 0.15) is 0 Å². The molecule has 2 aliphatic rings. The lowest BCUT2D eigenvalue weighted by atomic mass is 10.0. The van der Waals surface area contributed by atoms with Crippen LogP contribution in [0.1, 0.15) is 41.3 Å². The Morgan fingerprint density at radius 2 is 2.20 bits per heavy atom. The van der Waals surface area contributed by atoms with Crippen molar-refractivity contribution in [3.63, 3.8) is 0 Å². The van der Waals surface area contributed by atoms with Crippen LogP contribution < -0.4 is 10.6 Å². The van der Waals surface area contributed by atoms with Crippen LogP contribution >= 0.6 is 12.4 Å². The van der Waals surface area contributed by atoms with Crippen LogP contribution in [0.4, 0.5) is 0 Å². The zero-order valence-electron chi connectivity index (χ0n) is 11.6. The lowest BCUT2D eigenvalue weighted by molar-refractivity contribution is 0.0712. The monoisotopic (exact) mass is 296 g/mol. The SMILES string of the molecule is CC(NC(=O)c1ccc2c(c1)CNC2)C1CCCO1.Cl. The van der Waals surface area contributed by atoms with Crippen molar-refractivity contribution in [3.05, 3.63) is 34.9 Å². The van der Waals surface area contributed by atoms with Crippen molar-refractivity contribution >= 4 is 18.3 Å². The first-order valence-electron chi connectivity index (χ1n) is 6.99. The first-order valence-corrected chi connectivity index (χ1v) is 6.99. The van der Waals surface area contributed by atoms with E-state index in [0.717, 1.165) is 38.1 Å². The Morgan fingerprint density at radius 1 is 1.40 bits per heavy atom. The molecule has 4 nitrogen and oxygen atoms in total. The minimum atomic E-state index is -0.00213. The summed E-state index contributed by atoms with van der Waals surface area (Å²) >= 11 is 0. The molecule has 1 saturated heterocycles. The molecule has 1 amide bonds. The van der Waals surface area contributed by atoms with Gasteiger partial charge < -0.3 is 15.4 Å². The van der Waals surface area contributed by atoms with Gasteiger partial charge in [-0.1, -0.05) is 6.07 Å². The van der Waals surface area contributed by atoms with E-state index in [1.54, 1.807) is 0 Å². The smallest absolute Gasteiger partial charge is 0.251 e. The highest BCUT2D eigenvalue weighted by Crippen LogP contribution is 2.18. The number of halogens is 1. The number of nitrogens with one attached hydrogen (secondary N) is 2. The molecule has 0 aliphatic carbocycles. The molecule has 2 unspecified atom stereocenters. The Bertz CT molecular complexity index is 487. The Kier molecular flexibility index (Phi) is 5.02. The number of carbonyl (C=O) groups is 1. The lowest BCUT2D eigenvalue weighted by Gasteiger charge is -2.20. The van der Waals surface area contributed by atoms with Crippen molar-refractivity contribution in [2.45, 2.75) is 45.0 Å². The standard InChI is InChI=1S/C15H20N2O2.ClH/c1-10(14-3-2-6-19-14)17-15(18)11-4-5-12-8-16-9-13(12)7-11;/h4-5,7,10,14,16H,2-3,6,8-9H2,1H3,(H,17,18);1H. The Morgan fingerprint density at radius 3 is 2.95 bits per heavy atom. The van der Waals surface area contributed by atoms with E-state index in [9.17, 15) is 4.79 Å². The van der Waals surface area contributed by atoms with Gasteiger partial charge in [-0.15, -0.1) is 12.4 Å². The first-order chi connectivity index (χ1) is 9.24. The van der Waals surface area contributed by atoms with Gasteiger partial charge in [0.2, 0.25) is 0 Å². The van der Waals surface area contributed by atoms with Crippen molar-refractivity contribution < 1.29 is 9.53 Å². The summed E-state index contributed by atoms with van der Waals surface area (Å²) in [7, 11) is 0. The van der Waals surface area contributed by atoms with Crippen LogP contribution in [-0.2, 0) is 17.8 Å². The highest BCUT2D eigenvalue weighted by molar-refractivity contribution is 5.94. The maximum Gasteiger partial charge on any atom is 0.251 e. The summed E-state index contributed by atoms with van der Waals surface area (Å²) in [5.41, 5.74) is 3.27. The van der Waals surface area contributed by atoms with Gasteiger partial charge in [0.25, 0.3) is 5.91 Å². The fourth-order valence-corrected chi connectivity index (χ4v) is 2.82. The van der Waals surface area contributed by atoms with E-state index in [-0.39, 0.29) is 30.5 Å². The topological polar surface area (TPSA) is 50.4 Å². The molecular weight excluding hydrogens is 276 g/mol. The molecule has 110 valence electrons. The number of benzene rings is 1. The number of rotatable bonds is 3. The van der Waals surface area contributed by atoms with E-state index in [1.807, 2.05) is 25.1 Å². The third kappa shape index (κ3) is 3.14. The number of fused-ring (bicyclic) bond motifs is 1. The van der Waals surface area contributed by atoms with Crippen LogP contribution in [-0.4, -0.2) is 24.7 Å². The van der Waals surface area contributed by atoms with Crippen LogP contribution in [0, 0.1) is 0 Å². The summed E-state index contributed by atoms with van der Waals surface area (Å²) in [5, 5.41) is 6.33. The van der Waals surface area contributed by atoms with Gasteiger partial charge in [-0.25, -0.2) is 0 Å². The van der Waals surface area contributed by atoms with E-state index in [1.165, 1.54) is 11.1 Å². The van der Waals surface area contributed by atoms with E-state index in [4.69, 9.17) is 4.74 Å². The van der Waals surface area contributed by atoms with Crippen molar-refractivity contribution in [2.24, 2.45) is 0 Å². The number of carbonyl (C=O) groups excluding carboxylic acids is 1. The fraction of sp³-hybridized carbons (Fsp3) is 0.533. The largest absolute Gasteiger partial charge is 0.376 e. The molecule has 5 heteroatoms. The van der Waals surface area contributed by atoms with Gasteiger partial charge in [-0.05, 0) is 43.0 Å².